The Balaban J connectivity index is 2.45. The number of nitrogens with zero attached hydrogens (tertiary/aromatic N) is 1. The van der Waals surface area contributed by atoms with E-state index >= 15 is 0 Å². The van der Waals surface area contributed by atoms with Crippen molar-refractivity contribution in [3.63, 3.8) is 0 Å². The third-order valence-electron chi connectivity index (χ3n) is 2.30. The first-order chi connectivity index (χ1) is 8.42. The van der Waals surface area contributed by atoms with Gasteiger partial charge in [0.2, 0.25) is 0 Å². The maximum absolute atomic E-state index is 13.6. The number of anilines is 1. The minimum atomic E-state index is -4.06. The highest BCUT2D eigenvalue weighted by Gasteiger charge is 2.20. The molecule has 0 amide bonds. The van der Waals surface area contributed by atoms with Crippen molar-refractivity contribution in [2.24, 2.45) is 0 Å². The Morgan fingerprint density at radius 1 is 1.33 bits per heavy atom. The second-order valence-corrected chi connectivity index (χ2v) is 5.28. The van der Waals surface area contributed by atoms with E-state index in [1.807, 2.05) is 4.72 Å². The highest BCUT2D eigenvalue weighted by Crippen LogP contribution is 2.24. The van der Waals surface area contributed by atoms with Crippen molar-refractivity contribution in [1.82, 2.24) is 10.2 Å². The van der Waals surface area contributed by atoms with E-state index in [4.69, 9.17) is 0 Å². The summed E-state index contributed by atoms with van der Waals surface area (Å²) < 4.78 is 52.5. The number of aryl methyl sites for hydroxylation is 1. The van der Waals surface area contributed by atoms with Gasteiger partial charge in [-0.1, -0.05) is 6.07 Å². The first-order valence-electron chi connectivity index (χ1n) is 4.88. The summed E-state index contributed by atoms with van der Waals surface area (Å²) in [6.45, 7) is 1.41. The van der Waals surface area contributed by atoms with Crippen LogP contribution < -0.4 is 4.72 Å². The summed E-state index contributed by atoms with van der Waals surface area (Å²) in [6.07, 6.45) is 2.14. The van der Waals surface area contributed by atoms with Crippen molar-refractivity contribution in [3.05, 3.63) is 41.7 Å². The fraction of sp³-hybridized carbons (Fsp3) is 0.100. The van der Waals surface area contributed by atoms with Crippen molar-refractivity contribution in [2.45, 2.75) is 11.8 Å². The van der Waals surface area contributed by atoms with Crippen LogP contribution in [0, 0.1) is 18.6 Å². The maximum atomic E-state index is 13.6. The number of aromatic nitrogens is 2. The van der Waals surface area contributed by atoms with Gasteiger partial charge in [-0.15, -0.1) is 0 Å². The lowest BCUT2D eigenvalue weighted by atomic mass is 10.2. The molecule has 0 spiro atoms. The van der Waals surface area contributed by atoms with Crippen molar-refractivity contribution in [1.29, 1.82) is 0 Å². The zero-order chi connectivity index (χ0) is 13.3. The van der Waals surface area contributed by atoms with Crippen LogP contribution in [0.1, 0.15) is 5.56 Å². The molecule has 1 heterocycles. The number of H-pyrrole nitrogens is 1. The first kappa shape index (κ1) is 12.5. The second-order valence-electron chi connectivity index (χ2n) is 3.59. The Bertz CT molecular complexity index is 669. The van der Waals surface area contributed by atoms with Gasteiger partial charge in [-0.2, -0.15) is 5.10 Å². The number of rotatable bonds is 3. The van der Waals surface area contributed by atoms with E-state index in [1.165, 1.54) is 13.0 Å². The Kier molecular flexibility index (Phi) is 3.04. The van der Waals surface area contributed by atoms with Gasteiger partial charge < -0.3 is 0 Å². The van der Waals surface area contributed by atoms with Crippen molar-refractivity contribution in [3.8, 4) is 0 Å². The number of hydrogen-bond acceptors (Lipinski definition) is 3. The number of benzene rings is 1. The van der Waals surface area contributed by atoms with Gasteiger partial charge in [0.25, 0.3) is 10.0 Å². The lowest BCUT2D eigenvalue weighted by Gasteiger charge is -2.09. The van der Waals surface area contributed by atoms with Crippen LogP contribution in [0.2, 0.25) is 0 Å². The van der Waals surface area contributed by atoms with Crippen LogP contribution in [-0.2, 0) is 10.0 Å². The number of nitrogens with one attached hydrogen (secondary N) is 2. The highest BCUT2D eigenvalue weighted by molar-refractivity contribution is 7.92. The smallest absolute Gasteiger partial charge is 0.265 e. The van der Waals surface area contributed by atoms with E-state index in [-0.39, 0.29) is 10.5 Å². The first-order valence-corrected chi connectivity index (χ1v) is 6.36. The standard InChI is InChI=1S/C10H9F2N3O2S/c1-6-2-3-8(11)10(9(6)12)15-18(16,17)7-4-13-14-5-7/h2-5,15H,1H3,(H,13,14). The van der Waals surface area contributed by atoms with Crippen LogP contribution >= 0.6 is 0 Å². The summed E-state index contributed by atoms with van der Waals surface area (Å²) in [5.74, 6) is -1.92. The minimum absolute atomic E-state index is 0.140. The van der Waals surface area contributed by atoms with Crippen molar-refractivity contribution >= 4 is 15.7 Å². The van der Waals surface area contributed by atoms with Crippen molar-refractivity contribution < 1.29 is 17.2 Å². The molecule has 0 bridgehead atoms. The van der Waals surface area contributed by atoms with Gasteiger partial charge in [0.15, 0.2) is 5.82 Å². The van der Waals surface area contributed by atoms with Crippen molar-refractivity contribution in [2.75, 3.05) is 4.72 Å². The predicted molar refractivity (Wildman–Crippen MR) is 60.5 cm³/mol. The molecule has 8 heteroatoms. The number of sulfonamides is 1. The van der Waals surface area contributed by atoms with Crippen LogP contribution in [0.4, 0.5) is 14.5 Å². The summed E-state index contributed by atoms with van der Waals surface area (Å²) in [5, 5.41) is 5.77. The van der Waals surface area contributed by atoms with E-state index in [9.17, 15) is 17.2 Å². The zero-order valence-electron chi connectivity index (χ0n) is 9.24. The molecule has 2 aromatic rings. The van der Waals surface area contributed by atoms with E-state index in [0.29, 0.717) is 0 Å². The third kappa shape index (κ3) is 2.19. The molecule has 0 radical (unpaired) electrons. The van der Waals surface area contributed by atoms with E-state index < -0.39 is 27.3 Å². The fourth-order valence-corrected chi connectivity index (χ4v) is 2.30. The SMILES string of the molecule is Cc1ccc(F)c(NS(=O)(=O)c2cn[nH]c2)c1F. The molecule has 0 saturated heterocycles. The predicted octanol–water partition coefficient (Wildman–Crippen LogP) is 1.80. The molecule has 0 aliphatic rings. The van der Waals surface area contributed by atoms with Gasteiger partial charge in [-0.05, 0) is 18.6 Å². The Hall–Kier alpha value is -1.96. The van der Waals surface area contributed by atoms with Crippen LogP contribution in [0.5, 0.6) is 0 Å². The van der Waals surface area contributed by atoms with Gasteiger partial charge >= 0.3 is 0 Å². The minimum Gasteiger partial charge on any atom is -0.284 e. The molecular weight excluding hydrogens is 264 g/mol. The van der Waals surface area contributed by atoms with Gasteiger partial charge in [0.1, 0.15) is 16.4 Å². The molecule has 0 unspecified atom stereocenters. The topological polar surface area (TPSA) is 74.8 Å². The van der Waals surface area contributed by atoms with Crippen LogP contribution in [0.3, 0.4) is 0 Å². The van der Waals surface area contributed by atoms with Crippen LogP contribution in [0.25, 0.3) is 0 Å². The monoisotopic (exact) mass is 273 g/mol. The zero-order valence-corrected chi connectivity index (χ0v) is 10.1. The average molecular weight is 273 g/mol. The van der Waals surface area contributed by atoms with E-state index in [0.717, 1.165) is 18.5 Å². The average Bonchev–Trinajstić information content (AvgIpc) is 2.84. The number of halogens is 2. The van der Waals surface area contributed by atoms with Crippen LogP contribution in [-0.4, -0.2) is 18.6 Å². The molecule has 0 aliphatic carbocycles. The molecule has 2 rings (SSSR count). The molecular formula is C10H9F2N3O2S. The number of hydrogen-bond donors (Lipinski definition) is 2. The molecule has 0 fully saturated rings. The highest BCUT2D eigenvalue weighted by atomic mass is 32.2. The van der Waals surface area contributed by atoms with Gasteiger partial charge in [0, 0.05) is 6.20 Å². The molecule has 0 atom stereocenters. The lowest BCUT2D eigenvalue weighted by molar-refractivity contribution is 0.579. The largest absolute Gasteiger partial charge is 0.284 e. The molecule has 2 N–H and O–H groups in total. The summed E-state index contributed by atoms with van der Waals surface area (Å²) in [4.78, 5) is -0.206. The van der Waals surface area contributed by atoms with Crippen LogP contribution in [0.15, 0.2) is 29.4 Å². The molecule has 0 saturated carbocycles. The van der Waals surface area contributed by atoms with E-state index in [2.05, 4.69) is 10.2 Å². The van der Waals surface area contributed by atoms with Gasteiger partial charge in [0.05, 0.1) is 6.20 Å². The Morgan fingerprint density at radius 3 is 2.67 bits per heavy atom. The summed E-state index contributed by atoms with van der Waals surface area (Å²) in [7, 11) is -4.06. The Labute approximate surface area is 102 Å². The molecule has 18 heavy (non-hydrogen) atoms. The fourth-order valence-electron chi connectivity index (χ4n) is 1.33. The quantitative estimate of drug-likeness (QED) is 0.895. The molecule has 0 aliphatic heterocycles. The Morgan fingerprint density at radius 2 is 2.06 bits per heavy atom. The van der Waals surface area contributed by atoms with Gasteiger partial charge in [-0.25, -0.2) is 17.2 Å². The molecule has 1 aromatic carbocycles. The van der Waals surface area contributed by atoms with Gasteiger partial charge in [-0.3, -0.25) is 9.82 Å². The maximum Gasteiger partial charge on any atom is 0.265 e. The molecule has 5 nitrogen and oxygen atoms in total. The van der Waals surface area contributed by atoms with E-state index in [1.54, 1.807) is 0 Å². The molecule has 1 aromatic heterocycles. The normalized spacial score (nSPS) is 11.5. The summed E-state index contributed by atoms with van der Waals surface area (Å²) >= 11 is 0. The second kappa shape index (κ2) is 4.37. The molecule has 96 valence electrons. The number of aromatic amines is 1. The summed E-state index contributed by atoms with van der Waals surface area (Å²) in [5.41, 5.74) is -0.558. The summed E-state index contributed by atoms with van der Waals surface area (Å²) in [6, 6.07) is 2.21. The lowest BCUT2D eigenvalue weighted by Crippen LogP contribution is -2.15. The third-order valence-corrected chi connectivity index (χ3v) is 3.62.